The van der Waals surface area contributed by atoms with Gasteiger partial charge in [-0.15, -0.1) is 0 Å². The van der Waals surface area contributed by atoms with Gasteiger partial charge in [-0.3, -0.25) is 0 Å². The van der Waals surface area contributed by atoms with Crippen LogP contribution in [0.5, 0.6) is 6.01 Å². The van der Waals surface area contributed by atoms with Gasteiger partial charge >= 0.3 is 6.01 Å². The molecule has 1 unspecified atom stereocenters. The molecule has 0 bridgehead atoms. The molecule has 2 rings (SSSR count). The Bertz CT molecular complexity index is 377. The Morgan fingerprint density at radius 3 is 2.94 bits per heavy atom. The van der Waals surface area contributed by atoms with Crippen molar-refractivity contribution in [2.24, 2.45) is 0 Å². The number of piperidine rings is 1. The molecule has 16 heavy (non-hydrogen) atoms. The van der Waals surface area contributed by atoms with Crippen LogP contribution in [0.25, 0.3) is 0 Å². The number of anilines is 1. The minimum absolute atomic E-state index is 0.0990. The van der Waals surface area contributed by atoms with E-state index < -0.39 is 0 Å². The molecule has 0 radical (unpaired) electrons. The Balaban J connectivity index is 2.21. The van der Waals surface area contributed by atoms with Crippen LogP contribution in [0, 0.1) is 0 Å². The number of aromatic nitrogens is 3. The van der Waals surface area contributed by atoms with Crippen LogP contribution < -0.4 is 9.64 Å². The largest absolute Gasteiger partial charge is 0.467 e. The van der Waals surface area contributed by atoms with E-state index in [1.807, 2.05) is 4.90 Å². The number of aliphatic hydroxyl groups is 1. The van der Waals surface area contributed by atoms with Crippen molar-refractivity contribution in [1.29, 1.82) is 0 Å². The molecule has 1 aromatic rings. The summed E-state index contributed by atoms with van der Waals surface area (Å²) in [5.74, 6) is 0.454. The van der Waals surface area contributed by atoms with E-state index in [1.165, 1.54) is 7.11 Å². The monoisotopic (exact) mass is 244 g/mol. The molecule has 1 N–H and O–H groups in total. The topological polar surface area (TPSA) is 71.4 Å². The molecule has 1 atom stereocenters. The number of hydrogen-bond acceptors (Lipinski definition) is 6. The summed E-state index contributed by atoms with van der Waals surface area (Å²) < 4.78 is 4.92. The molecule has 1 aliphatic heterocycles. The van der Waals surface area contributed by atoms with Gasteiger partial charge in [-0.25, -0.2) is 0 Å². The molecule has 0 amide bonds. The first-order chi connectivity index (χ1) is 7.69. The Kier molecular flexibility index (Phi) is 3.40. The minimum atomic E-state index is -0.338. The zero-order valence-electron chi connectivity index (χ0n) is 8.93. The summed E-state index contributed by atoms with van der Waals surface area (Å²) in [5.41, 5.74) is 0. The summed E-state index contributed by atoms with van der Waals surface area (Å²) in [4.78, 5) is 13.8. The Hall–Kier alpha value is -1.14. The van der Waals surface area contributed by atoms with Crippen LogP contribution in [0.15, 0.2) is 0 Å². The lowest BCUT2D eigenvalue weighted by Gasteiger charge is -2.29. The van der Waals surface area contributed by atoms with E-state index in [9.17, 15) is 5.11 Å². The molecule has 88 valence electrons. The van der Waals surface area contributed by atoms with Crippen molar-refractivity contribution in [3.63, 3.8) is 0 Å². The number of nitrogens with zero attached hydrogens (tertiary/aromatic N) is 4. The molecule has 6 nitrogen and oxygen atoms in total. The van der Waals surface area contributed by atoms with Gasteiger partial charge in [-0.05, 0) is 24.4 Å². The Morgan fingerprint density at radius 2 is 2.25 bits per heavy atom. The van der Waals surface area contributed by atoms with Crippen LogP contribution in [0.2, 0.25) is 5.28 Å². The molecule has 1 saturated heterocycles. The maximum Gasteiger partial charge on any atom is 0.322 e. The summed E-state index contributed by atoms with van der Waals surface area (Å²) >= 11 is 5.75. The van der Waals surface area contributed by atoms with E-state index in [0.717, 1.165) is 19.4 Å². The molecule has 7 heteroatoms. The SMILES string of the molecule is COc1nc(Cl)nc(N2CCCC(O)C2)n1. The predicted molar refractivity (Wildman–Crippen MR) is 58.8 cm³/mol. The van der Waals surface area contributed by atoms with Crippen molar-refractivity contribution in [1.82, 2.24) is 15.0 Å². The fraction of sp³-hybridized carbons (Fsp3) is 0.667. The maximum atomic E-state index is 9.56. The summed E-state index contributed by atoms with van der Waals surface area (Å²) in [6.07, 6.45) is 1.38. The summed E-state index contributed by atoms with van der Waals surface area (Å²) in [6, 6.07) is 0.190. The normalized spacial score (nSPS) is 20.9. The highest BCUT2D eigenvalue weighted by molar-refractivity contribution is 6.28. The van der Waals surface area contributed by atoms with E-state index >= 15 is 0 Å². The van der Waals surface area contributed by atoms with Crippen LogP contribution in [-0.2, 0) is 0 Å². The highest BCUT2D eigenvalue weighted by atomic mass is 35.5. The standard InChI is InChI=1S/C9H13ClN4O2/c1-16-9-12-7(10)11-8(13-9)14-4-2-3-6(15)5-14/h6,15H,2-5H2,1H3. The second-order valence-electron chi connectivity index (χ2n) is 3.63. The van der Waals surface area contributed by atoms with Crippen LogP contribution in [0.3, 0.4) is 0 Å². The van der Waals surface area contributed by atoms with E-state index in [0.29, 0.717) is 12.5 Å². The second-order valence-corrected chi connectivity index (χ2v) is 3.97. The first kappa shape index (κ1) is 11.3. The smallest absolute Gasteiger partial charge is 0.322 e. The van der Waals surface area contributed by atoms with Crippen LogP contribution in [-0.4, -0.2) is 46.4 Å². The van der Waals surface area contributed by atoms with E-state index in [-0.39, 0.29) is 17.4 Å². The molecular formula is C9H13ClN4O2. The lowest BCUT2D eigenvalue weighted by molar-refractivity contribution is 0.153. The van der Waals surface area contributed by atoms with Crippen molar-refractivity contribution < 1.29 is 9.84 Å². The lowest BCUT2D eigenvalue weighted by Crippen LogP contribution is -2.39. The molecular weight excluding hydrogens is 232 g/mol. The fourth-order valence-electron chi connectivity index (χ4n) is 1.69. The maximum absolute atomic E-state index is 9.56. The van der Waals surface area contributed by atoms with Gasteiger partial charge in [0.15, 0.2) is 0 Å². The van der Waals surface area contributed by atoms with Gasteiger partial charge in [0.25, 0.3) is 0 Å². The number of rotatable bonds is 2. The Morgan fingerprint density at radius 1 is 1.44 bits per heavy atom. The number of β-amino-alcohol motifs (C(OH)–C–C–N with tert-alkyl or cyclic N) is 1. The number of methoxy groups -OCH3 is 1. The van der Waals surface area contributed by atoms with Crippen LogP contribution in [0.1, 0.15) is 12.8 Å². The molecule has 1 fully saturated rings. The van der Waals surface area contributed by atoms with E-state index in [4.69, 9.17) is 16.3 Å². The molecule has 0 aromatic carbocycles. The predicted octanol–water partition coefficient (Wildman–Crippen LogP) is 0.495. The molecule has 0 spiro atoms. The lowest BCUT2D eigenvalue weighted by atomic mass is 10.1. The van der Waals surface area contributed by atoms with Crippen LogP contribution >= 0.6 is 11.6 Å². The van der Waals surface area contributed by atoms with Gasteiger partial charge in [0.1, 0.15) is 0 Å². The first-order valence-electron chi connectivity index (χ1n) is 5.07. The zero-order valence-corrected chi connectivity index (χ0v) is 9.68. The third-order valence-electron chi connectivity index (χ3n) is 2.44. The summed E-state index contributed by atoms with van der Waals surface area (Å²) in [7, 11) is 1.47. The zero-order chi connectivity index (χ0) is 11.5. The first-order valence-corrected chi connectivity index (χ1v) is 5.45. The van der Waals surface area contributed by atoms with Gasteiger partial charge < -0.3 is 14.7 Å². The quantitative estimate of drug-likeness (QED) is 0.817. The average molecular weight is 245 g/mol. The molecule has 2 heterocycles. The van der Waals surface area contributed by atoms with Crippen molar-refractivity contribution >= 4 is 17.5 Å². The van der Waals surface area contributed by atoms with E-state index in [1.54, 1.807) is 0 Å². The number of hydrogen-bond donors (Lipinski definition) is 1. The number of aliphatic hydroxyl groups excluding tert-OH is 1. The average Bonchev–Trinajstić information content (AvgIpc) is 2.28. The fourth-order valence-corrected chi connectivity index (χ4v) is 1.84. The van der Waals surface area contributed by atoms with Gasteiger partial charge in [-0.1, -0.05) is 0 Å². The third-order valence-corrected chi connectivity index (χ3v) is 2.61. The van der Waals surface area contributed by atoms with Gasteiger partial charge in [0.2, 0.25) is 11.2 Å². The highest BCUT2D eigenvalue weighted by Gasteiger charge is 2.21. The van der Waals surface area contributed by atoms with Crippen molar-refractivity contribution in [2.75, 3.05) is 25.1 Å². The summed E-state index contributed by atoms with van der Waals surface area (Å²) in [6.45, 7) is 1.32. The van der Waals surface area contributed by atoms with Crippen molar-refractivity contribution in [2.45, 2.75) is 18.9 Å². The van der Waals surface area contributed by atoms with Gasteiger partial charge in [-0.2, -0.15) is 15.0 Å². The van der Waals surface area contributed by atoms with Crippen molar-refractivity contribution in [3.8, 4) is 6.01 Å². The molecule has 1 aliphatic rings. The second kappa shape index (κ2) is 4.80. The van der Waals surface area contributed by atoms with Gasteiger partial charge in [0, 0.05) is 13.1 Å². The number of halogens is 1. The summed E-state index contributed by atoms with van der Waals surface area (Å²) in [5, 5.41) is 9.66. The van der Waals surface area contributed by atoms with Gasteiger partial charge in [0.05, 0.1) is 13.2 Å². The van der Waals surface area contributed by atoms with Crippen molar-refractivity contribution in [3.05, 3.63) is 5.28 Å². The van der Waals surface area contributed by atoms with E-state index in [2.05, 4.69) is 15.0 Å². The van der Waals surface area contributed by atoms with Crippen LogP contribution in [0.4, 0.5) is 5.95 Å². The Labute approximate surface area is 98.2 Å². The molecule has 1 aromatic heterocycles. The minimum Gasteiger partial charge on any atom is -0.467 e. The third kappa shape index (κ3) is 2.51. The molecule has 0 saturated carbocycles. The number of ether oxygens (including phenoxy) is 1. The molecule has 0 aliphatic carbocycles. The highest BCUT2D eigenvalue weighted by Crippen LogP contribution is 2.19.